The molecule has 0 rings (SSSR count). The molecule has 0 amide bonds. The summed E-state index contributed by atoms with van der Waals surface area (Å²) in [6, 6.07) is 0. The number of halogens is 1. The molecule has 0 aromatic carbocycles. The Morgan fingerprint density at radius 2 is 1.55 bits per heavy atom. The smallest absolute Gasteiger partial charge is 0.563 e. The van der Waals surface area contributed by atoms with Crippen molar-refractivity contribution in [1.29, 1.82) is 0 Å². The van der Waals surface area contributed by atoms with E-state index >= 15 is 0 Å². The predicted octanol–water partition coefficient (Wildman–Crippen LogP) is -0.0973. The van der Waals surface area contributed by atoms with E-state index in [1.807, 2.05) is 6.92 Å². The molecule has 60 valence electrons. The van der Waals surface area contributed by atoms with Crippen LogP contribution in [0.15, 0.2) is 0 Å². The van der Waals surface area contributed by atoms with Gasteiger partial charge in [0, 0.05) is 5.88 Å². The molecule has 2 atom stereocenters. The van der Waals surface area contributed by atoms with E-state index in [4.69, 9.17) is 11.6 Å². The summed E-state index contributed by atoms with van der Waals surface area (Å²) in [4.78, 5) is 18.5. The van der Waals surface area contributed by atoms with E-state index in [9.17, 15) is 18.9 Å². The first-order chi connectivity index (χ1) is 4.54. The molecule has 0 spiro atoms. The second-order valence-electron chi connectivity index (χ2n) is 0.796. The zero-order valence-electron chi connectivity index (χ0n) is 5.73. The molecule has 0 saturated carbocycles. The number of alkyl halides is 1. The van der Waals surface area contributed by atoms with Gasteiger partial charge in [0.2, 0.25) is 0 Å². The van der Waals surface area contributed by atoms with Crippen molar-refractivity contribution in [2.45, 2.75) is 6.92 Å². The Kier molecular flexibility index (Phi) is 23.7. The molecule has 0 bridgehead atoms. The summed E-state index contributed by atoms with van der Waals surface area (Å²) in [7, 11) is -6.47. The fourth-order valence-electron chi connectivity index (χ4n) is 0.0544. The monoisotopic (exact) mass is 246 g/mol. The van der Waals surface area contributed by atoms with Gasteiger partial charge in [0.15, 0.2) is 0 Å². The van der Waals surface area contributed by atoms with Gasteiger partial charge in [0.25, 0.3) is 0 Å². The van der Waals surface area contributed by atoms with Gasteiger partial charge in [-0.25, -0.2) is 0 Å². The van der Waals surface area contributed by atoms with E-state index in [1.54, 1.807) is 0 Å². The van der Waals surface area contributed by atoms with Crippen LogP contribution in [0.2, 0.25) is 0 Å². The molecule has 0 aromatic heterocycles. The van der Waals surface area contributed by atoms with Crippen LogP contribution in [0.1, 0.15) is 6.92 Å². The maximum absolute atomic E-state index is 9.24. The summed E-state index contributed by atoms with van der Waals surface area (Å²) in [5.74, 6) is 0.722. The van der Waals surface area contributed by atoms with Gasteiger partial charge in [-0.05, 0) is 9.13 Å². The minimum Gasteiger partial charge on any atom is -0.563 e. The molecule has 0 saturated heterocycles. The van der Waals surface area contributed by atoms with Gasteiger partial charge in [-0.1, -0.05) is 6.92 Å². The molecule has 0 aromatic rings. The van der Waals surface area contributed by atoms with Crippen molar-refractivity contribution in [1.82, 2.24) is 0 Å². The van der Waals surface area contributed by atoms with Crippen LogP contribution in [0.4, 0.5) is 0 Å². The molecule has 2 unspecified atom stereocenters. The molecule has 0 aliphatic heterocycles. The predicted molar refractivity (Wildman–Crippen MR) is 38.4 cm³/mol. The topological polar surface area (TPSA) is 89.5 Å². The second-order valence-corrected chi connectivity index (χ2v) is 2.88. The maximum atomic E-state index is 9.24. The fraction of sp³-hybridized carbons (Fsp3) is 1.00. The van der Waals surface area contributed by atoms with E-state index in [2.05, 4.69) is 4.31 Å². The van der Waals surface area contributed by atoms with Crippen molar-refractivity contribution in [2.75, 3.05) is 5.88 Å². The average Bonchev–Trinajstić information content (AvgIpc) is 1.62. The molecular weight excluding hydrogens is 241 g/mol. The summed E-state index contributed by atoms with van der Waals surface area (Å²) in [5, 5.41) is 0. The van der Waals surface area contributed by atoms with Crippen molar-refractivity contribution < 1.29 is 23.2 Å². The minimum absolute atomic E-state index is 0. The second kappa shape index (κ2) is 14.2. The van der Waals surface area contributed by atoms with Crippen molar-refractivity contribution in [3.63, 3.8) is 0 Å². The Hall–Kier alpha value is 1.63. The third kappa shape index (κ3) is 34.0. The van der Waals surface area contributed by atoms with E-state index in [-0.39, 0.29) is 37.7 Å². The largest absolute Gasteiger partial charge is 2.00 e. The van der Waals surface area contributed by atoms with E-state index in [0.717, 1.165) is 5.88 Å². The molecule has 0 aliphatic carbocycles. The van der Waals surface area contributed by atoms with Crippen molar-refractivity contribution in [3.05, 3.63) is 0 Å². The van der Waals surface area contributed by atoms with Crippen LogP contribution in [-0.4, -0.2) is 43.6 Å². The van der Waals surface area contributed by atoms with Crippen LogP contribution in [0.5, 0.6) is 0 Å². The third-order valence-electron chi connectivity index (χ3n) is 0.133. The third-order valence-corrected chi connectivity index (χ3v) is 1.20. The van der Waals surface area contributed by atoms with Crippen molar-refractivity contribution in [3.8, 4) is 0 Å². The van der Waals surface area contributed by atoms with Gasteiger partial charge in [0.1, 0.15) is 4.31 Å². The Morgan fingerprint density at radius 1 is 1.36 bits per heavy atom. The summed E-state index contributed by atoms with van der Waals surface area (Å²) in [5.41, 5.74) is 0. The van der Waals surface area contributed by atoms with E-state index in [1.165, 1.54) is 0 Å². The van der Waals surface area contributed by atoms with E-state index < -0.39 is 16.5 Å². The fourth-order valence-corrected chi connectivity index (χ4v) is 0.490. The first-order valence-corrected chi connectivity index (χ1v) is 4.80. The van der Waals surface area contributed by atoms with E-state index in [0.29, 0.717) is 0 Å². The van der Waals surface area contributed by atoms with Crippen molar-refractivity contribution in [2.24, 2.45) is 0 Å². The van der Waals surface area contributed by atoms with Gasteiger partial charge < -0.3 is 9.79 Å². The Bertz CT molecular complexity index is 109. The molecule has 9 heteroatoms. The van der Waals surface area contributed by atoms with Crippen LogP contribution in [0.3, 0.4) is 0 Å². The molecular formula is C2H5CaClO5P2+2. The summed E-state index contributed by atoms with van der Waals surface area (Å²) in [6.45, 7) is 1.89. The average molecular weight is 247 g/mol. The first kappa shape index (κ1) is 18.4. The molecule has 0 fully saturated rings. The zero-order valence-corrected chi connectivity index (χ0v) is 10.5. The summed E-state index contributed by atoms with van der Waals surface area (Å²) < 4.78 is 21.6. The SMILES string of the molecule is CCCl.O=[P+]([O-])O[P+](=O)[O-].[Ca+2]. The van der Waals surface area contributed by atoms with Crippen LogP contribution < -0.4 is 9.79 Å². The Balaban J connectivity index is -0.000000140. The van der Waals surface area contributed by atoms with Gasteiger partial charge in [-0.2, -0.15) is 0 Å². The minimum atomic E-state index is -3.24. The van der Waals surface area contributed by atoms with Gasteiger partial charge in [-0.3, -0.25) is 0 Å². The van der Waals surface area contributed by atoms with Gasteiger partial charge in [-0.15, -0.1) is 11.6 Å². The molecule has 11 heavy (non-hydrogen) atoms. The zero-order chi connectivity index (χ0) is 8.57. The molecule has 0 radical (unpaired) electrons. The Morgan fingerprint density at radius 3 is 1.55 bits per heavy atom. The maximum Gasteiger partial charge on any atom is 2.00 e. The molecule has 0 aliphatic rings. The molecule has 0 heterocycles. The Labute approximate surface area is 101 Å². The number of hydrogen-bond donors (Lipinski definition) is 0. The summed E-state index contributed by atoms with van der Waals surface area (Å²) in [6.07, 6.45) is 0. The van der Waals surface area contributed by atoms with Crippen LogP contribution in [-0.2, 0) is 13.4 Å². The first-order valence-electron chi connectivity index (χ1n) is 2.07. The standard InChI is InChI=1S/C2H5Cl.Ca.O5P2/c1-2-3;;1-6(2)5-7(3)4/h2H2,1H3;;/q;+2;. The number of hydrogen-bond acceptors (Lipinski definition) is 5. The van der Waals surface area contributed by atoms with Crippen LogP contribution in [0, 0.1) is 0 Å². The van der Waals surface area contributed by atoms with Gasteiger partial charge >= 0.3 is 54.2 Å². The normalized spacial score (nSPS) is 10.2. The van der Waals surface area contributed by atoms with Gasteiger partial charge in [0.05, 0.1) is 0 Å². The summed E-state index contributed by atoms with van der Waals surface area (Å²) >= 11 is 5.00. The van der Waals surface area contributed by atoms with Crippen molar-refractivity contribution >= 4 is 65.8 Å². The quantitative estimate of drug-likeness (QED) is 0.386. The number of rotatable bonds is 2. The van der Waals surface area contributed by atoms with Crippen LogP contribution in [0.25, 0.3) is 0 Å². The molecule has 0 N–H and O–H groups in total. The molecule has 5 nitrogen and oxygen atoms in total. The van der Waals surface area contributed by atoms with Crippen LogP contribution >= 0.6 is 28.1 Å².